The lowest BCUT2D eigenvalue weighted by Crippen LogP contribution is -2.59. The lowest BCUT2D eigenvalue weighted by molar-refractivity contribution is -0.0987. The zero-order valence-electron chi connectivity index (χ0n) is 11.0. The number of hydrogen-bond acceptors (Lipinski definition) is 2. The van der Waals surface area contributed by atoms with Gasteiger partial charge in [-0.3, -0.25) is 0 Å². The van der Waals surface area contributed by atoms with Gasteiger partial charge in [-0.05, 0) is 19.3 Å². The van der Waals surface area contributed by atoms with Crippen LogP contribution >= 0.6 is 0 Å². The molecule has 3 atom stereocenters. The third kappa shape index (κ3) is 1.65. The molecule has 96 valence electrons. The molecule has 2 saturated carbocycles. The number of ether oxygens (including phenoxy) is 1. The Bertz CT molecular complexity index is 349. The molecular formula is C13H23N3O. The van der Waals surface area contributed by atoms with E-state index in [9.17, 15) is 0 Å². The normalized spacial score (nSPS) is 39.7. The van der Waals surface area contributed by atoms with Crippen molar-refractivity contribution in [3.63, 3.8) is 0 Å². The smallest absolute Gasteiger partial charge is 0.191 e. The van der Waals surface area contributed by atoms with Gasteiger partial charge >= 0.3 is 0 Å². The van der Waals surface area contributed by atoms with E-state index in [2.05, 4.69) is 25.8 Å². The van der Waals surface area contributed by atoms with E-state index >= 15 is 0 Å². The SMILES string of the molecule is CN(C(N)=NC1C2CCOC2C1(C)C)C1CC1. The van der Waals surface area contributed by atoms with Crippen LogP contribution < -0.4 is 5.73 Å². The molecule has 0 aromatic carbocycles. The maximum atomic E-state index is 6.11. The second-order valence-electron chi connectivity index (χ2n) is 6.34. The average Bonchev–Trinajstić information content (AvgIpc) is 3.03. The van der Waals surface area contributed by atoms with Gasteiger partial charge in [0, 0.05) is 31.0 Å². The van der Waals surface area contributed by atoms with Crippen LogP contribution in [-0.4, -0.2) is 42.7 Å². The molecule has 4 nitrogen and oxygen atoms in total. The molecule has 17 heavy (non-hydrogen) atoms. The van der Waals surface area contributed by atoms with Gasteiger partial charge in [0.2, 0.25) is 0 Å². The predicted molar refractivity (Wildman–Crippen MR) is 67.8 cm³/mol. The van der Waals surface area contributed by atoms with Crippen LogP contribution in [0.3, 0.4) is 0 Å². The van der Waals surface area contributed by atoms with Gasteiger partial charge in [-0.2, -0.15) is 0 Å². The fourth-order valence-corrected chi connectivity index (χ4v) is 3.44. The zero-order valence-corrected chi connectivity index (χ0v) is 11.0. The van der Waals surface area contributed by atoms with Gasteiger partial charge in [0.15, 0.2) is 5.96 Å². The Balaban J connectivity index is 1.73. The van der Waals surface area contributed by atoms with Crippen LogP contribution in [0.4, 0.5) is 0 Å². The van der Waals surface area contributed by atoms with E-state index in [1.165, 1.54) is 12.8 Å². The minimum Gasteiger partial charge on any atom is -0.377 e. The highest BCUT2D eigenvalue weighted by Gasteiger charge is 2.59. The van der Waals surface area contributed by atoms with Gasteiger partial charge in [0.25, 0.3) is 0 Å². The molecule has 0 aromatic rings. The van der Waals surface area contributed by atoms with Gasteiger partial charge in [-0.25, -0.2) is 4.99 Å². The Morgan fingerprint density at radius 2 is 2.06 bits per heavy atom. The summed E-state index contributed by atoms with van der Waals surface area (Å²) in [7, 11) is 2.06. The molecule has 4 heteroatoms. The van der Waals surface area contributed by atoms with E-state index in [4.69, 9.17) is 15.5 Å². The Kier molecular flexibility index (Phi) is 2.41. The Morgan fingerprint density at radius 3 is 2.71 bits per heavy atom. The number of nitrogens with zero attached hydrogens (tertiary/aromatic N) is 2. The monoisotopic (exact) mass is 237 g/mol. The predicted octanol–water partition coefficient (Wildman–Crippen LogP) is 1.21. The summed E-state index contributed by atoms with van der Waals surface area (Å²) in [5, 5.41) is 0. The number of aliphatic imine (C=N–C) groups is 1. The van der Waals surface area contributed by atoms with Crippen molar-refractivity contribution in [1.82, 2.24) is 4.90 Å². The summed E-state index contributed by atoms with van der Waals surface area (Å²) in [4.78, 5) is 6.92. The van der Waals surface area contributed by atoms with Gasteiger partial charge in [0.1, 0.15) is 0 Å². The quantitative estimate of drug-likeness (QED) is 0.580. The molecule has 3 rings (SSSR count). The van der Waals surface area contributed by atoms with Crippen LogP contribution in [-0.2, 0) is 4.74 Å². The van der Waals surface area contributed by atoms with Crippen LogP contribution in [0.2, 0.25) is 0 Å². The Hall–Kier alpha value is -0.770. The van der Waals surface area contributed by atoms with Crippen molar-refractivity contribution >= 4 is 5.96 Å². The van der Waals surface area contributed by atoms with Crippen LogP contribution in [0.25, 0.3) is 0 Å². The lowest BCUT2D eigenvalue weighted by atomic mass is 9.57. The van der Waals surface area contributed by atoms with Crippen LogP contribution in [0.15, 0.2) is 4.99 Å². The first-order valence-electron chi connectivity index (χ1n) is 6.69. The highest BCUT2D eigenvalue weighted by molar-refractivity contribution is 5.78. The molecule has 1 aliphatic heterocycles. The molecule has 0 radical (unpaired) electrons. The topological polar surface area (TPSA) is 50.8 Å². The fourth-order valence-electron chi connectivity index (χ4n) is 3.44. The van der Waals surface area contributed by atoms with Crippen molar-refractivity contribution in [3.05, 3.63) is 0 Å². The Labute approximate surface area is 103 Å². The molecule has 0 amide bonds. The first-order valence-corrected chi connectivity index (χ1v) is 6.69. The number of hydrogen-bond donors (Lipinski definition) is 1. The standard InChI is InChI=1S/C13H23N3O/c1-13(2)10(9-6-7-17-11(9)13)15-12(14)16(3)8-4-5-8/h8-11H,4-7H2,1-3H3,(H2,14,15). The molecular weight excluding hydrogens is 214 g/mol. The average molecular weight is 237 g/mol. The van der Waals surface area contributed by atoms with Crippen LogP contribution in [0.5, 0.6) is 0 Å². The van der Waals surface area contributed by atoms with Crippen molar-refractivity contribution in [1.29, 1.82) is 0 Å². The van der Waals surface area contributed by atoms with Gasteiger partial charge in [-0.1, -0.05) is 13.8 Å². The molecule has 3 fully saturated rings. The maximum absolute atomic E-state index is 6.11. The van der Waals surface area contributed by atoms with E-state index in [1.54, 1.807) is 0 Å². The molecule has 0 bridgehead atoms. The second kappa shape index (κ2) is 3.61. The fraction of sp³-hybridized carbons (Fsp3) is 0.923. The summed E-state index contributed by atoms with van der Waals surface area (Å²) in [5.74, 6) is 1.31. The Morgan fingerprint density at radius 1 is 1.35 bits per heavy atom. The van der Waals surface area contributed by atoms with Gasteiger partial charge in [0.05, 0.1) is 12.1 Å². The van der Waals surface area contributed by atoms with Crippen LogP contribution in [0.1, 0.15) is 33.1 Å². The zero-order chi connectivity index (χ0) is 12.2. The third-order valence-corrected chi connectivity index (χ3v) is 4.77. The van der Waals surface area contributed by atoms with Crippen molar-refractivity contribution in [2.75, 3.05) is 13.7 Å². The van der Waals surface area contributed by atoms with Crippen molar-refractivity contribution in [3.8, 4) is 0 Å². The lowest BCUT2D eigenvalue weighted by Gasteiger charge is -2.52. The molecule has 2 aliphatic carbocycles. The molecule has 1 heterocycles. The summed E-state index contributed by atoms with van der Waals surface area (Å²) in [5.41, 5.74) is 6.26. The van der Waals surface area contributed by atoms with E-state index in [0.29, 0.717) is 24.1 Å². The number of nitrogens with two attached hydrogens (primary N) is 1. The number of fused-ring (bicyclic) bond motifs is 1. The summed E-state index contributed by atoms with van der Waals surface area (Å²) in [6.07, 6.45) is 4.06. The molecule has 2 N–H and O–H groups in total. The highest BCUT2D eigenvalue weighted by atomic mass is 16.5. The minimum atomic E-state index is 0.149. The summed E-state index contributed by atoms with van der Waals surface area (Å²) in [6, 6.07) is 0.980. The van der Waals surface area contributed by atoms with E-state index in [0.717, 1.165) is 19.0 Å². The second-order valence-corrected chi connectivity index (χ2v) is 6.34. The largest absolute Gasteiger partial charge is 0.377 e. The highest BCUT2D eigenvalue weighted by Crippen LogP contribution is 2.53. The van der Waals surface area contributed by atoms with Gasteiger partial charge in [-0.15, -0.1) is 0 Å². The summed E-state index contributed by atoms with van der Waals surface area (Å²) in [6.45, 7) is 5.39. The first-order chi connectivity index (χ1) is 8.01. The van der Waals surface area contributed by atoms with E-state index in [-0.39, 0.29) is 5.41 Å². The summed E-state index contributed by atoms with van der Waals surface area (Å²) < 4.78 is 5.78. The van der Waals surface area contributed by atoms with E-state index in [1.807, 2.05) is 0 Å². The molecule has 3 aliphatic rings. The molecule has 1 saturated heterocycles. The van der Waals surface area contributed by atoms with Gasteiger partial charge < -0.3 is 15.4 Å². The summed E-state index contributed by atoms with van der Waals surface area (Å²) >= 11 is 0. The first kappa shape index (κ1) is 11.3. The van der Waals surface area contributed by atoms with E-state index < -0.39 is 0 Å². The third-order valence-electron chi connectivity index (χ3n) is 4.77. The van der Waals surface area contributed by atoms with Crippen molar-refractivity contribution in [2.24, 2.45) is 22.1 Å². The minimum absolute atomic E-state index is 0.149. The number of rotatable bonds is 2. The maximum Gasteiger partial charge on any atom is 0.191 e. The molecule has 0 aromatic heterocycles. The number of guanidine groups is 1. The van der Waals surface area contributed by atoms with Crippen molar-refractivity contribution < 1.29 is 4.74 Å². The molecule has 3 unspecified atom stereocenters. The van der Waals surface area contributed by atoms with Crippen LogP contribution in [0, 0.1) is 11.3 Å². The van der Waals surface area contributed by atoms with Crippen molar-refractivity contribution in [2.45, 2.75) is 51.3 Å². The molecule has 0 spiro atoms.